The number of benzene rings is 1. The van der Waals surface area contributed by atoms with E-state index in [0.29, 0.717) is 17.9 Å². The number of amides is 1. The van der Waals surface area contributed by atoms with Crippen LogP contribution in [0.15, 0.2) is 36.7 Å². The summed E-state index contributed by atoms with van der Waals surface area (Å²) in [5.74, 6) is 1.02. The van der Waals surface area contributed by atoms with Crippen molar-refractivity contribution in [1.82, 2.24) is 29.5 Å². The number of piperazine rings is 1. The maximum absolute atomic E-state index is 13.5. The van der Waals surface area contributed by atoms with Crippen LogP contribution in [0.3, 0.4) is 0 Å². The molecular weight excluding hydrogens is 424 g/mol. The molecular formula is C27H32N6O. The first kappa shape index (κ1) is 21.5. The number of aromatic nitrogens is 4. The quantitative estimate of drug-likeness (QED) is 0.596. The summed E-state index contributed by atoms with van der Waals surface area (Å²) < 4.78 is 1.84. The lowest BCUT2D eigenvalue weighted by atomic mass is 10.0. The summed E-state index contributed by atoms with van der Waals surface area (Å²) in [6.07, 6.45) is 9.01. The maximum Gasteiger partial charge on any atom is 0.257 e. The molecule has 0 spiro atoms. The number of hydrogen-bond acceptors (Lipinski definition) is 5. The van der Waals surface area contributed by atoms with Gasteiger partial charge in [0.1, 0.15) is 0 Å². The Morgan fingerprint density at radius 2 is 1.76 bits per heavy atom. The second-order valence-corrected chi connectivity index (χ2v) is 10.1. The second-order valence-electron chi connectivity index (χ2n) is 10.1. The molecule has 3 heterocycles. The molecule has 0 bridgehead atoms. The van der Waals surface area contributed by atoms with Crippen LogP contribution in [0.4, 0.5) is 0 Å². The monoisotopic (exact) mass is 456 g/mol. The maximum atomic E-state index is 13.5. The first-order valence-electron chi connectivity index (χ1n) is 12.7. The molecule has 6 rings (SSSR count). The minimum absolute atomic E-state index is 0.0941. The molecule has 2 aliphatic carbocycles. The molecule has 2 fully saturated rings. The van der Waals surface area contributed by atoms with E-state index >= 15 is 0 Å². The van der Waals surface area contributed by atoms with Crippen LogP contribution in [0.2, 0.25) is 0 Å². The fourth-order valence-corrected chi connectivity index (χ4v) is 5.40. The molecule has 34 heavy (non-hydrogen) atoms. The largest absolute Gasteiger partial charge is 0.336 e. The third kappa shape index (κ3) is 3.82. The first-order valence-corrected chi connectivity index (χ1v) is 12.7. The summed E-state index contributed by atoms with van der Waals surface area (Å²) in [4.78, 5) is 27.7. The van der Waals surface area contributed by atoms with Gasteiger partial charge in [0.05, 0.1) is 23.1 Å². The first-order chi connectivity index (χ1) is 16.6. The van der Waals surface area contributed by atoms with Gasteiger partial charge in [-0.1, -0.05) is 24.3 Å². The Morgan fingerprint density at radius 3 is 2.53 bits per heavy atom. The third-order valence-electron chi connectivity index (χ3n) is 7.54. The molecule has 7 heteroatoms. The number of carbonyl (C=O) groups excluding carboxylic acids is 1. The van der Waals surface area contributed by atoms with Crippen LogP contribution in [0.25, 0.3) is 17.2 Å². The lowest BCUT2D eigenvalue weighted by Gasteiger charge is -2.36. The highest BCUT2D eigenvalue weighted by molar-refractivity contribution is 5.95. The third-order valence-corrected chi connectivity index (χ3v) is 7.54. The molecule has 1 saturated carbocycles. The number of aryl methyl sites for hydroxylation is 2. The van der Waals surface area contributed by atoms with Gasteiger partial charge in [-0.2, -0.15) is 5.10 Å². The van der Waals surface area contributed by atoms with Gasteiger partial charge >= 0.3 is 0 Å². The molecule has 176 valence electrons. The summed E-state index contributed by atoms with van der Waals surface area (Å²) in [5.41, 5.74) is 6.43. The van der Waals surface area contributed by atoms with Crippen molar-refractivity contribution in [3.63, 3.8) is 0 Å². The van der Waals surface area contributed by atoms with Crippen LogP contribution < -0.4 is 0 Å². The molecule has 0 atom stereocenters. The number of nitrogens with zero attached hydrogens (tertiary/aromatic N) is 6. The predicted molar refractivity (Wildman–Crippen MR) is 131 cm³/mol. The predicted octanol–water partition coefficient (Wildman–Crippen LogP) is 3.86. The minimum atomic E-state index is 0.0941. The van der Waals surface area contributed by atoms with Crippen LogP contribution in [0.1, 0.15) is 66.2 Å². The molecule has 1 aromatic carbocycles. The summed E-state index contributed by atoms with van der Waals surface area (Å²) in [6, 6.07) is 9.05. The Labute approximate surface area is 200 Å². The Morgan fingerprint density at radius 1 is 1.00 bits per heavy atom. The fraction of sp³-hybridized carbons (Fsp3) is 0.481. The van der Waals surface area contributed by atoms with E-state index in [1.54, 1.807) is 6.20 Å². The molecule has 0 radical (unpaired) electrons. The molecule has 2 aromatic heterocycles. The van der Waals surface area contributed by atoms with E-state index in [1.165, 1.54) is 16.7 Å². The molecule has 3 aromatic rings. The van der Waals surface area contributed by atoms with Gasteiger partial charge in [-0.3, -0.25) is 9.69 Å². The van der Waals surface area contributed by atoms with Crippen molar-refractivity contribution in [2.24, 2.45) is 0 Å². The number of rotatable bonds is 4. The smallest absolute Gasteiger partial charge is 0.257 e. The van der Waals surface area contributed by atoms with E-state index in [1.807, 2.05) is 15.8 Å². The van der Waals surface area contributed by atoms with Crippen molar-refractivity contribution >= 4 is 5.91 Å². The molecule has 7 nitrogen and oxygen atoms in total. The zero-order valence-corrected chi connectivity index (χ0v) is 20.1. The number of hydrogen-bond donors (Lipinski definition) is 0. The highest BCUT2D eigenvalue weighted by Crippen LogP contribution is 2.43. The molecule has 0 N–H and O–H groups in total. The summed E-state index contributed by atoms with van der Waals surface area (Å²) >= 11 is 0. The normalized spacial score (nSPS) is 18.5. The SMILES string of the molecule is CC(C)N1CCN(C(=O)c2cnn(-c3ncc4c(n3)-c3ccccc3CCC4)c2C2CC2)CC1. The lowest BCUT2D eigenvalue weighted by molar-refractivity contribution is 0.0594. The van der Waals surface area contributed by atoms with Crippen molar-refractivity contribution in [2.45, 2.75) is 57.9 Å². The molecule has 3 aliphatic rings. The van der Waals surface area contributed by atoms with Gasteiger partial charge in [0.25, 0.3) is 11.9 Å². The average Bonchev–Trinajstić information content (AvgIpc) is 3.64. The second kappa shape index (κ2) is 8.62. The van der Waals surface area contributed by atoms with Crippen LogP contribution in [-0.2, 0) is 12.8 Å². The Balaban J connectivity index is 1.35. The molecule has 1 saturated heterocycles. The highest BCUT2D eigenvalue weighted by Gasteiger charge is 2.36. The van der Waals surface area contributed by atoms with E-state index in [9.17, 15) is 4.79 Å². The van der Waals surface area contributed by atoms with Gasteiger partial charge in [0, 0.05) is 49.9 Å². The van der Waals surface area contributed by atoms with Gasteiger partial charge in [-0.25, -0.2) is 14.6 Å². The van der Waals surface area contributed by atoms with Crippen molar-refractivity contribution in [2.75, 3.05) is 26.2 Å². The topological polar surface area (TPSA) is 67.2 Å². The van der Waals surface area contributed by atoms with Crippen LogP contribution in [0, 0.1) is 0 Å². The van der Waals surface area contributed by atoms with E-state index in [-0.39, 0.29) is 5.91 Å². The van der Waals surface area contributed by atoms with Crippen molar-refractivity contribution < 1.29 is 4.79 Å². The highest BCUT2D eigenvalue weighted by atomic mass is 16.2. The summed E-state index contributed by atoms with van der Waals surface area (Å²) in [5, 5.41) is 4.67. The van der Waals surface area contributed by atoms with Crippen LogP contribution >= 0.6 is 0 Å². The van der Waals surface area contributed by atoms with Gasteiger partial charge < -0.3 is 4.90 Å². The van der Waals surface area contributed by atoms with Gasteiger partial charge in [-0.15, -0.1) is 0 Å². The van der Waals surface area contributed by atoms with Gasteiger partial charge in [-0.05, 0) is 57.1 Å². The Hall–Kier alpha value is -3.06. The fourth-order valence-electron chi connectivity index (χ4n) is 5.40. The van der Waals surface area contributed by atoms with E-state index < -0.39 is 0 Å². The number of carbonyl (C=O) groups is 1. The molecule has 0 unspecified atom stereocenters. The molecule has 1 amide bonds. The van der Waals surface area contributed by atoms with E-state index in [2.05, 4.69) is 48.1 Å². The van der Waals surface area contributed by atoms with Crippen molar-refractivity contribution in [1.29, 1.82) is 0 Å². The summed E-state index contributed by atoms with van der Waals surface area (Å²) in [6.45, 7) is 7.79. The van der Waals surface area contributed by atoms with E-state index in [4.69, 9.17) is 9.97 Å². The zero-order chi connectivity index (χ0) is 23.2. The van der Waals surface area contributed by atoms with Gasteiger partial charge in [0.15, 0.2) is 0 Å². The van der Waals surface area contributed by atoms with Gasteiger partial charge in [0.2, 0.25) is 0 Å². The zero-order valence-electron chi connectivity index (χ0n) is 20.1. The summed E-state index contributed by atoms with van der Waals surface area (Å²) in [7, 11) is 0. The minimum Gasteiger partial charge on any atom is -0.336 e. The van der Waals surface area contributed by atoms with Crippen molar-refractivity contribution in [3.05, 3.63) is 59.0 Å². The van der Waals surface area contributed by atoms with Crippen molar-refractivity contribution in [3.8, 4) is 17.2 Å². The average molecular weight is 457 g/mol. The molecule has 1 aliphatic heterocycles. The van der Waals surface area contributed by atoms with E-state index in [0.717, 1.165) is 75.2 Å². The van der Waals surface area contributed by atoms with Crippen LogP contribution in [-0.4, -0.2) is 67.7 Å². The standard InChI is InChI=1S/C27H32N6O/c1-18(2)31-12-14-32(15-13-31)26(34)23-17-29-33(25(23)20-10-11-20)27-28-16-21-8-5-7-19-6-3-4-9-22(19)24(21)30-27/h3-4,6,9,16-18,20H,5,7-8,10-15H2,1-2H3. The van der Waals surface area contributed by atoms with Crippen LogP contribution in [0.5, 0.6) is 0 Å². The Bertz CT molecular complexity index is 1220. The Kier molecular flexibility index (Phi) is 5.44. The number of fused-ring (bicyclic) bond motifs is 3. The lowest BCUT2D eigenvalue weighted by Crippen LogP contribution is -2.50.